The van der Waals surface area contributed by atoms with Crippen LogP contribution in [-0.2, 0) is 0 Å². The van der Waals surface area contributed by atoms with E-state index in [0.29, 0.717) is 0 Å². The van der Waals surface area contributed by atoms with E-state index in [1.165, 1.54) is 110 Å². The van der Waals surface area contributed by atoms with Crippen LogP contribution in [0.3, 0.4) is 0 Å². The Labute approximate surface area is 133 Å². The quantitative estimate of drug-likeness (QED) is 0.511. The van der Waals surface area contributed by atoms with Gasteiger partial charge >= 0.3 is 0 Å². The van der Waals surface area contributed by atoms with Crippen molar-refractivity contribution >= 4 is 0 Å². The smallest absolute Gasteiger partial charge is 0.00187 e. The maximum absolute atomic E-state index is 5.49. The molecule has 3 heteroatoms. The predicted molar refractivity (Wildman–Crippen MR) is 93.8 cm³/mol. The van der Waals surface area contributed by atoms with Crippen LogP contribution in [-0.4, -0.2) is 44.2 Å². The standard InChI is InChI=1S/C18H39N3/c19-13-7-1-2-8-14-20-15-9-3-4-10-16-21-17-11-5-6-12-18-21/h20H,1-19H2. The van der Waals surface area contributed by atoms with E-state index in [-0.39, 0.29) is 0 Å². The molecule has 0 aromatic heterocycles. The highest BCUT2D eigenvalue weighted by molar-refractivity contribution is 4.63. The molecule has 1 rings (SSSR count). The number of unbranched alkanes of at least 4 members (excludes halogenated alkanes) is 6. The maximum Gasteiger partial charge on any atom is -0.00187 e. The first-order valence-electron chi connectivity index (χ1n) is 9.56. The van der Waals surface area contributed by atoms with Crippen LogP contribution in [0.2, 0.25) is 0 Å². The van der Waals surface area contributed by atoms with Crippen LogP contribution in [0, 0.1) is 0 Å². The lowest BCUT2D eigenvalue weighted by molar-refractivity contribution is 0.277. The van der Waals surface area contributed by atoms with Gasteiger partial charge in [-0.2, -0.15) is 0 Å². The first-order chi connectivity index (χ1) is 10.4. The number of hydrogen-bond acceptors (Lipinski definition) is 3. The van der Waals surface area contributed by atoms with Crippen LogP contribution in [0.4, 0.5) is 0 Å². The Bertz CT molecular complexity index is 201. The summed E-state index contributed by atoms with van der Waals surface area (Å²) in [6.45, 7) is 7.30. The molecule has 1 aliphatic rings. The highest BCUT2D eigenvalue weighted by Gasteiger charge is 2.07. The fourth-order valence-corrected chi connectivity index (χ4v) is 3.17. The van der Waals surface area contributed by atoms with Gasteiger partial charge in [-0.3, -0.25) is 0 Å². The fraction of sp³-hybridized carbons (Fsp3) is 1.00. The molecule has 1 aliphatic heterocycles. The molecule has 0 bridgehead atoms. The molecule has 1 heterocycles. The average Bonchev–Trinajstić information content (AvgIpc) is 2.77. The Morgan fingerprint density at radius 2 is 1.24 bits per heavy atom. The van der Waals surface area contributed by atoms with E-state index < -0.39 is 0 Å². The fourth-order valence-electron chi connectivity index (χ4n) is 3.17. The molecule has 3 nitrogen and oxygen atoms in total. The van der Waals surface area contributed by atoms with Gasteiger partial charge in [0.05, 0.1) is 0 Å². The Hall–Kier alpha value is -0.120. The summed E-state index contributed by atoms with van der Waals surface area (Å²) in [6, 6.07) is 0. The monoisotopic (exact) mass is 297 g/mol. The van der Waals surface area contributed by atoms with Gasteiger partial charge in [0.15, 0.2) is 0 Å². The number of nitrogens with one attached hydrogen (secondary N) is 1. The van der Waals surface area contributed by atoms with E-state index in [0.717, 1.165) is 6.54 Å². The van der Waals surface area contributed by atoms with Gasteiger partial charge in [-0.1, -0.05) is 38.5 Å². The Morgan fingerprint density at radius 3 is 1.86 bits per heavy atom. The molecule has 126 valence electrons. The van der Waals surface area contributed by atoms with Crippen molar-refractivity contribution in [1.82, 2.24) is 10.2 Å². The van der Waals surface area contributed by atoms with Gasteiger partial charge in [-0.25, -0.2) is 0 Å². The van der Waals surface area contributed by atoms with Crippen molar-refractivity contribution in [3.05, 3.63) is 0 Å². The van der Waals surface area contributed by atoms with E-state index in [4.69, 9.17) is 5.73 Å². The molecule has 3 N–H and O–H groups in total. The summed E-state index contributed by atoms with van der Waals surface area (Å²) in [6.07, 6.45) is 16.5. The summed E-state index contributed by atoms with van der Waals surface area (Å²) in [5.74, 6) is 0. The van der Waals surface area contributed by atoms with Gasteiger partial charge in [-0.15, -0.1) is 0 Å². The number of hydrogen-bond donors (Lipinski definition) is 2. The molecule has 0 unspecified atom stereocenters. The second kappa shape index (κ2) is 14.8. The average molecular weight is 298 g/mol. The van der Waals surface area contributed by atoms with Gasteiger partial charge < -0.3 is 16.0 Å². The minimum Gasteiger partial charge on any atom is -0.330 e. The third-order valence-corrected chi connectivity index (χ3v) is 4.58. The lowest BCUT2D eigenvalue weighted by atomic mass is 10.1. The van der Waals surface area contributed by atoms with Crippen molar-refractivity contribution in [3.8, 4) is 0 Å². The topological polar surface area (TPSA) is 41.3 Å². The Kier molecular flexibility index (Phi) is 13.3. The first-order valence-corrected chi connectivity index (χ1v) is 9.56. The van der Waals surface area contributed by atoms with Crippen LogP contribution in [0.15, 0.2) is 0 Å². The number of nitrogens with two attached hydrogens (primary N) is 1. The summed E-state index contributed by atoms with van der Waals surface area (Å²) < 4.78 is 0. The first kappa shape index (κ1) is 18.9. The zero-order chi connectivity index (χ0) is 15.0. The molecule has 21 heavy (non-hydrogen) atoms. The van der Waals surface area contributed by atoms with Crippen molar-refractivity contribution in [2.24, 2.45) is 5.73 Å². The molecular formula is C18H39N3. The largest absolute Gasteiger partial charge is 0.330 e. The Balaban J connectivity index is 1.74. The van der Waals surface area contributed by atoms with Crippen LogP contribution in [0.25, 0.3) is 0 Å². The molecule has 1 fully saturated rings. The number of rotatable bonds is 13. The summed E-state index contributed by atoms with van der Waals surface area (Å²) in [5.41, 5.74) is 5.49. The lowest BCUT2D eigenvalue weighted by Crippen LogP contribution is -2.25. The molecule has 0 saturated carbocycles. The molecule has 1 saturated heterocycles. The summed E-state index contributed by atoms with van der Waals surface area (Å²) in [4.78, 5) is 2.69. The van der Waals surface area contributed by atoms with Crippen molar-refractivity contribution in [2.75, 3.05) is 39.3 Å². The second-order valence-corrected chi connectivity index (χ2v) is 6.62. The van der Waals surface area contributed by atoms with Crippen molar-refractivity contribution < 1.29 is 0 Å². The zero-order valence-corrected chi connectivity index (χ0v) is 14.3. The van der Waals surface area contributed by atoms with E-state index >= 15 is 0 Å². The van der Waals surface area contributed by atoms with Crippen LogP contribution < -0.4 is 11.1 Å². The zero-order valence-electron chi connectivity index (χ0n) is 14.3. The van der Waals surface area contributed by atoms with Crippen molar-refractivity contribution in [1.29, 1.82) is 0 Å². The second-order valence-electron chi connectivity index (χ2n) is 6.62. The minimum absolute atomic E-state index is 0.852. The maximum atomic E-state index is 5.49. The predicted octanol–water partition coefficient (Wildman–Crippen LogP) is 3.53. The number of likely N-dealkylation sites (tertiary alicyclic amines) is 1. The minimum atomic E-state index is 0.852. The molecular weight excluding hydrogens is 258 g/mol. The van der Waals surface area contributed by atoms with E-state index in [1.54, 1.807) is 0 Å². The molecule has 0 radical (unpaired) electrons. The van der Waals surface area contributed by atoms with Gasteiger partial charge in [0.25, 0.3) is 0 Å². The molecule has 0 aromatic rings. The normalized spacial score (nSPS) is 17.0. The molecule has 0 aromatic carbocycles. The highest BCUT2D eigenvalue weighted by Crippen LogP contribution is 2.11. The van der Waals surface area contributed by atoms with E-state index in [2.05, 4.69) is 10.2 Å². The highest BCUT2D eigenvalue weighted by atomic mass is 15.1. The van der Waals surface area contributed by atoms with Crippen LogP contribution in [0.5, 0.6) is 0 Å². The van der Waals surface area contributed by atoms with Crippen molar-refractivity contribution in [3.63, 3.8) is 0 Å². The van der Waals surface area contributed by atoms with Crippen LogP contribution >= 0.6 is 0 Å². The summed E-state index contributed by atoms with van der Waals surface area (Å²) in [5, 5.41) is 3.57. The third kappa shape index (κ3) is 12.1. The van der Waals surface area contributed by atoms with Crippen LogP contribution in [0.1, 0.15) is 77.0 Å². The SMILES string of the molecule is NCCCCCCNCCCCCCN1CCCCCC1. The van der Waals surface area contributed by atoms with E-state index in [9.17, 15) is 0 Å². The van der Waals surface area contributed by atoms with E-state index in [1.807, 2.05) is 0 Å². The summed E-state index contributed by atoms with van der Waals surface area (Å²) >= 11 is 0. The molecule has 0 spiro atoms. The van der Waals surface area contributed by atoms with Gasteiger partial charge in [0.2, 0.25) is 0 Å². The molecule has 0 amide bonds. The lowest BCUT2D eigenvalue weighted by Gasteiger charge is -2.19. The Morgan fingerprint density at radius 1 is 0.667 bits per heavy atom. The van der Waals surface area contributed by atoms with Gasteiger partial charge in [-0.05, 0) is 77.8 Å². The van der Waals surface area contributed by atoms with Gasteiger partial charge in [0, 0.05) is 0 Å². The van der Waals surface area contributed by atoms with Crippen molar-refractivity contribution in [2.45, 2.75) is 77.0 Å². The summed E-state index contributed by atoms with van der Waals surface area (Å²) in [7, 11) is 0. The molecule has 0 aliphatic carbocycles. The third-order valence-electron chi connectivity index (χ3n) is 4.58. The van der Waals surface area contributed by atoms with Gasteiger partial charge in [0.1, 0.15) is 0 Å². The number of nitrogens with zero attached hydrogens (tertiary/aromatic N) is 1. The molecule has 0 atom stereocenters.